The van der Waals surface area contributed by atoms with Gasteiger partial charge in [-0.15, -0.1) is 0 Å². The van der Waals surface area contributed by atoms with Gasteiger partial charge >= 0.3 is 0 Å². The van der Waals surface area contributed by atoms with Crippen LogP contribution < -0.4 is 0 Å². The predicted molar refractivity (Wildman–Crippen MR) is 27.2 cm³/mol. The molecule has 1 fully saturated rings. The first-order chi connectivity index (χ1) is 4.24. The molecule has 0 aromatic heterocycles. The summed E-state index contributed by atoms with van der Waals surface area (Å²) >= 11 is 0. The quantitative estimate of drug-likeness (QED) is 0.496. The summed E-state index contributed by atoms with van der Waals surface area (Å²) in [5.41, 5.74) is 0. The van der Waals surface area contributed by atoms with Gasteiger partial charge < -0.3 is 14.9 Å². The maximum absolute atomic E-state index is 12.1. The van der Waals surface area contributed by atoms with Crippen LogP contribution in [0.1, 0.15) is 0 Å². The Morgan fingerprint density at radius 2 is 2.33 bits per heavy atom. The summed E-state index contributed by atoms with van der Waals surface area (Å²) in [4.78, 5) is 0. The molecule has 0 amide bonds. The van der Waals surface area contributed by atoms with Crippen LogP contribution >= 0.6 is 0 Å². The Labute approximate surface area is 52.1 Å². The molecule has 0 aromatic rings. The van der Waals surface area contributed by atoms with Gasteiger partial charge in [-0.25, -0.2) is 4.39 Å². The first kappa shape index (κ1) is 6.92. The Hall–Kier alpha value is -0.190. The lowest BCUT2D eigenvalue weighted by atomic mass is 10.2. The number of hydrogen-bond donors (Lipinski definition) is 2. The number of hydrogen-bond acceptors (Lipinski definition) is 3. The molecule has 9 heavy (non-hydrogen) atoms. The third kappa shape index (κ3) is 1.38. The van der Waals surface area contributed by atoms with E-state index >= 15 is 0 Å². The number of halogens is 1. The van der Waals surface area contributed by atoms with Crippen molar-refractivity contribution in [3.8, 4) is 0 Å². The van der Waals surface area contributed by atoms with Crippen LogP contribution in [-0.4, -0.2) is 35.4 Å². The molecule has 0 aromatic carbocycles. The molecule has 2 N–H and O–H groups in total. The molecule has 1 aliphatic heterocycles. The standard InChI is InChI=1S/C5H8FO3/c6-5-1-3(8)4(2-7)9-5/h1,3-5,7-8H,2H2/t3-,4+,5?/m0/s1. The number of rotatable bonds is 1. The zero-order valence-corrected chi connectivity index (χ0v) is 4.70. The SMILES string of the molecule is OC[C@H]1OC(F)[CH][C@@H]1O. The third-order valence-corrected chi connectivity index (χ3v) is 1.21. The van der Waals surface area contributed by atoms with Gasteiger partial charge in [0.2, 0.25) is 6.36 Å². The molecule has 4 heteroatoms. The van der Waals surface area contributed by atoms with E-state index in [0.717, 1.165) is 6.42 Å². The average molecular weight is 135 g/mol. The number of aliphatic hydroxyl groups excluding tert-OH is 2. The lowest BCUT2D eigenvalue weighted by Crippen LogP contribution is -2.24. The minimum absolute atomic E-state index is 0.349. The number of aliphatic hydroxyl groups is 2. The van der Waals surface area contributed by atoms with Gasteiger partial charge in [-0.1, -0.05) is 0 Å². The summed E-state index contributed by atoms with van der Waals surface area (Å²) in [7, 11) is 0. The highest BCUT2D eigenvalue weighted by atomic mass is 19.1. The molecular weight excluding hydrogens is 127 g/mol. The molecular formula is C5H8FO3. The summed E-state index contributed by atoms with van der Waals surface area (Å²) in [6, 6.07) is 0. The number of alkyl halides is 1. The van der Waals surface area contributed by atoms with Crippen molar-refractivity contribution in [2.75, 3.05) is 6.61 Å². The van der Waals surface area contributed by atoms with E-state index in [1.165, 1.54) is 0 Å². The van der Waals surface area contributed by atoms with E-state index in [9.17, 15) is 4.39 Å². The summed E-state index contributed by atoms with van der Waals surface area (Å²) in [6.45, 7) is -0.349. The minimum Gasteiger partial charge on any atom is -0.394 e. The van der Waals surface area contributed by atoms with Crippen molar-refractivity contribution >= 4 is 0 Å². The molecule has 0 spiro atoms. The maximum atomic E-state index is 12.1. The highest BCUT2D eigenvalue weighted by molar-refractivity contribution is 4.91. The zero-order chi connectivity index (χ0) is 6.85. The van der Waals surface area contributed by atoms with Crippen molar-refractivity contribution in [3.05, 3.63) is 6.42 Å². The van der Waals surface area contributed by atoms with Crippen molar-refractivity contribution in [1.29, 1.82) is 0 Å². The van der Waals surface area contributed by atoms with E-state index in [1.807, 2.05) is 0 Å². The van der Waals surface area contributed by atoms with Crippen LogP contribution in [0.25, 0.3) is 0 Å². The fourth-order valence-corrected chi connectivity index (χ4v) is 0.723. The topological polar surface area (TPSA) is 49.7 Å². The van der Waals surface area contributed by atoms with E-state index in [1.54, 1.807) is 0 Å². The molecule has 53 valence electrons. The van der Waals surface area contributed by atoms with E-state index in [0.29, 0.717) is 0 Å². The average Bonchev–Trinajstić information content (AvgIpc) is 2.10. The molecule has 1 saturated heterocycles. The van der Waals surface area contributed by atoms with Gasteiger partial charge in [0, 0.05) is 0 Å². The lowest BCUT2D eigenvalue weighted by Gasteiger charge is -2.07. The lowest BCUT2D eigenvalue weighted by molar-refractivity contribution is -0.0630. The second-order valence-electron chi connectivity index (χ2n) is 1.89. The first-order valence-electron chi connectivity index (χ1n) is 2.67. The predicted octanol–water partition coefficient (Wildman–Crippen LogP) is -0.762. The van der Waals surface area contributed by atoms with Gasteiger partial charge in [0.25, 0.3) is 0 Å². The smallest absolute Gasteiger partial charge is 0.205 e. The normalized spacial score (nSPS) is 43.7. The van der Waals surface area contributed by atoms with Crippen LogP contribution in [0.4, 0.5) is 4.39 Å². The maximum Gasteiger partial charge on any atom is 0.205 e. The van der Waals surface area contributed by atoms with E-state index in [2.05, 4.69) is 4.74 Å². The third-order valence-electron chi connectivity index (χ3n) is 1.21. The summed E-state index contributed by atoms with van der Waals surface area (Å²) in [5, 5.41) is 17.2. The molecule has 1 aliphatic rings. The fourth-order valence-electron chi connectivity index (χ4n) is 0.723. The van der Waals surface area contributed by atoms with Crippen LogP contribution in [0.2, 0.25) is 0 Å². The summed E-state index contributed by atoms with van der Waals surface area (Å²) in [6.07, 6.45) is -2.27. The number of ether oxygens (including phenoxy) is 1. The van der Waals surface area contributed by atoms with Crippen LogP contribution in [0.3, 0.4) is 0 Å². The Morgan fingerprint density at radius 3 is 2.56 bits per heavy atom. The van der Waals surface area contributed by atoms with Crippen LogP contribution in [0, 0.1) is 6.42 Å². The van der Waals surface area contributed by atoms with Crippen molar-refractivity contribution < 1.29 is 19.3 Å². The Bertz CT molecular complexity index is 98.2. The Balaban J connectivity index is 2.38. The van der Waals surface area contributed by atoms with Crippen molar-refractivity contribution in [2.45, 2.75) is 18.6 Å². The molecule has 3 nitrogen and oxygen atoms in total. The van der Waals surface area contributed by atoms with Gasteiger partial charge in [-0.3, -0.25) is 0 Å². The van der Waals surface area contributed by atoms with Crippen molar-refractivity contribution in [1.82, 2.24) is 0 Å². The molecule has 0 bridgehead atoms. The molecule has 1 radical (unpaired) electrons. The first-order valence-corrected chi connectivity index (χ1v) is 2.67. The molecule has 1 heterocycles. The molecule has 1 unspecified atom stereocenters. The second-order valence-corrected chi connectivity index (χ2v) is 1.89. The highest BCUT2D eigenvalue weighted by Crippen LogP contribution is 2.19. The largest absolute Gasteiger partial charge is 0.394 e. The van der Waals surface area contributed by atoms with Gasteiger partial charge in [0.1, 0.15) is 6.10 Å². The van der Waals surface area contributed by atoms with Gasteiger partial charge in [-0.05, 0) is 0 Å². The van der Waals surface area contributed by atoms with Crippen LogP contribution in [0.5, 0.6) is 0 Å². The van der Waals surface area contributed by atoms with Crippen LogP contribution in [0.15, 0.2) is 0 Å². The summed E-state index contributed by atoms with van der Waals surface area (Å²) in [5.74, 6) is 0. The monoisotopic (exact) mass is 135 g/mol. The van der Waals surface area contributed by atoms with Gasteiger partial charge in [0.05, 0.1) is 19.1 Å². The fraction of sp³-hybridized carbons (Fsp3) is 0.800. The Kier molecular flexibility index (Phi) is 2.00. The minimum atomic E-state index is -1.53. The van der Waals surface area contributed by atoms with E-state index in [-0.39, 0.29) is 6.61 Å². The molecule has 3 atom stereocenters. The zero-order valence-electron chi connectivity index (χ0n) is 4.70. The van der Waals surface area contributed by atoms with Gasteiger partial charge in [0.15, 0.2) is 0 Å². The van der Waals surface area contributed by atoms with Crippen molar-refractivity contribution in [3.63, 3.8) is 0 Å². The van der Waals surface area contributed by atoms with Crippen molar-refractivity contribution in [2.24, 2.45) is 0 Å². The molecule has 0 saturated carbocycles. The summed E-state index contributed by atoms with van der Waals surface area (Å²) < 4.78 is 16.5. The van der Waals surface area contributed by atoms with Gasteiger partial charge in [-0.2, -0.15) is 0 Å². The Morgan fingerprint density at radius 1 is 1.67 bits per heavy atom. The van der Waals surface area contributed by atoms with E-state index < -0.39 is 18.6 Å². The highest BCUT2D eigenvalue weighted by Gasteiger charge is 2.33. The molecule has 0 aliphatic carbocycles. The van der Waals surface area contributed by atoms with E-state index in [4.69, 9.17) is 10.2 Å². The van der Waals surface area contributed by atoms with Crippen LogP contribution in [-0.2, 0) is 4.74 Å². The second kappa shape index (κ2) is 2.60. The molecule has 1 rings (SSSR count).